The Bertz CT molecular complexity index is 1280. The number of aryl methyl sites for hydroxylation is 1. The maximum Gasteiger partial charge on any atom is 0.324 e. The number of ether oxygens (including phenoxy) is 1. The number of hydrogen-bond donors (Lipinski definition) is 3. The molecule has 170 valence electrons. The number of carbonyl (C=O) groups excluding carboxylic acids is 1. The molecule has 3 N–H and O–H groups in total. The van der Waals surface area contributed by atoms with Gasteiger partial charge in [-0.1, -0.05) is 20.8 Å². The van der Waals surface area contributed by atoms with Gasteiger partial charge in [0.1, 0.15) is 23.7 Å². The van der Waals surface area contributed by atoms with Gasteiger partial charge in [-0.05, 0) is 18.2 Å². The number of urea groups is 1. The monoisotopic (exact) mass is 450 g/mol. The molecule has 0 fully saturated rings. The van der Waals surface area contributed by atoms with Gasteiger partial charge in [-0.3, -0.25) is 15.1 Å². The fourth-order valence-corrected chi connectivity index (χ4v) is 2.95. The highest BCUT2D eigenvalue weighted by molar-refractivity contribution is 5.99. The van der Waals surface area contributed by atoms with Crippen LogP contribution in [0.1, 0.15) is 26.5 Å². The predicted molar refractivity (Wildman–Crippen MR) is 121 cm³/mol. The van der Waals surface area contributed by atoms with Crippen LogP contribution in [0.25, 0.3) is 11.4 Å². The van der Waals surface area contributed by atoms with Gasteiger partial charge < -0.3 is 10.1 Å². The number of hydrogen-bond acceptors (Lipinski definition) is 6. The summed E-state index contributed by atoms with van der Waals surface area (Å²) in [5, 5.41) is 16.3. The maximum atomic E-state index is 14.3. The second kappa shape index (κ2) is 8.69. The molecule has 33 heavy (non-hydrogen) atoms. The van der Waals surface area contributed by atoms with E-state index in [-0.39, 0.29) is 22.7 Å². The van der Waals surface area contributed by atoms with E-state index in [1.807, 2.05) is 20.8 Å². The molecule has 11 heteroatoms. The van der Waals surface area contributed by atoms with Crippen LogP contribution >= 0.6 is 0 Å². The van der Waals surface area contributed by atoms with Crippen molar-refractivity contribution in [3.63, 3.8) is 0 Å². The highest BCUT2D eigenvalue weighted by Crippen LogP contribution is 2.27. The summed E-state index contributed by atoms with van der Waals surface area (Å²) in [4.78, 5) is 20.7. The normalized spacial score (nSPS) is 11.3. The number of aromatic nitrogens is 6. The first-order chi connectivity index (χ1) is 15.7. The van der Waals surface area contributed by atoms with Gasteiger partial charge in [0.15, 0.2) is 0 Å². The largest absolute Gasteiger partial charge is 0.439 e. The topological polar surface area (TPSA) is 123 Å². The first-order valence-corrected chi connectivity index (χ1v) is 10.1. The number of nitrogens with zero attached hydrogens (tertiary/aromatic N) is 5. The lowest BCUT2D eigenvalue weighted by atomic mass is 9.92. The van der Waals surface area contributed by atoms with Crippen LogP contribution in [-0.2, 0) is 12.5 Å². The number of amides is 2. The van der Waals surface area contributed by atoms with Crippen molar-refractivity contribution in [3.05, 3.63) is 60.4 Å². The van der Waals surface area contributed by atoms with Crippen molar-refractivity contribution < 1.29 is 13.9 Å². The van der Waals surface area contributed by atoms with Crippen molar-refractivity contribution in [2.24, 2.45) is 7.05 Å². The zero-order valence-electron chi connectivity index (χ0n) is 18.5. The number of halogens is 1. The van der Waals surface area contributed by atoms with E-state index in [9.17, 15) is 9.18 Å². The minimum atomic E-state index is -0.613. The molecule has 0 aliphatic rings. The summed E-state index contributed by atoms with van der Waals surface area (Å²) in [6, 6.07) is 8.55. The molecule has 0 radical (unpaired) electrons. The molecule has 3 aromatic heterocycles. The summed E-state index contributed by atoms with van der Waals surface area (Å²) >= 11 is 0. The number of rotatable bonds is 5. The van der Waals surface area contributed by atoms with Gasteiger partial charge in [-0.15, -0.1) is 0 Å². The predicted octanol–water partition coefficient (Wildman–Crippen LogP) is 4.47. The molecule has 0 aliphatic heterocycles. The van der Waals surface area contributed by atoms with Gasteiger partial charge in [0, 0.05) is 36.9 Å². The van der Waals surface area contributed by atoms with Crippen molar-refractivity contribution in [2.75, 3.05) is 10.6 Å². The standard InChI is InChI=1S/C22H23FN8O2/c1-22(2,3)18-11-19(31(4)30-18)28-21(32)27-16-9-13(5-6-14(16)23)33-20-10-17(24-12-25-20)15-7-8-26-29-15/h5-12H,1-4H3,(H,26,29)(H2,27,28,32). The van der Waals surface area contributed by atoms with Crippen molar-refractivity contribution >= 4 is 17.5 Å². The van der Waals surface area contributed by atoms with Crippen molar-refractivity contribution in [3.8, 4) is 23.0 Å². The molecule has 0 bridgehead atoms. The van der Waals surface area contributed by atoms with E-state index in [4.69, 9.17) is 4.74 Å². The third-order valence-corrected chi connectivity index (χ3v) is 4.72. The zero-order chi connectivity index (χ0) is 23.6. The molecule has 2 amide bonds. The highest BCUT2D eigenvalue weighted by atomic mass is 19.1. The summed E-state index contributed by atoms with van der Waals surface area (Å²) in [6.07, 6.45) is 2.96. The van der Waals surface area contributed by atoms with Gasteiger partial charge in [0.05, 0.1) is 22.8 Å². The Hall–Kier alpha value is -4.28. The van der Waals surface area contributed by atoms with E-state index < -0.39 is 11.8 Å². The van der Waals surface area contributed by atoms with E-state index in [0.29, 0.717) is 17.2 Å². The van der Waals surface area contributed by atoms with Crippen LogP contribution in [0, 0.1) is 5.82 Å². The van der Waals surface area contributed by atoms with E-state index in [2.05, 4.69) is 35.9 Å². The summed E-state index contributed by atoms with van der Waals surface area (Å²) in [5.74, 6) is 0.411. The Kier molecular flexibility index (Phi) is 5.78. The number of carbonyl (C=O) groups is 1. The molecule has 1 aromatic carbocycles. The number of H-pyrrole nitrogens is 1. The maximum absolute atomic E-state index is 14.3. The van der Waals surface area contributed by atoms with Crippen LogP contribution in [-0.4, -0.2) is 36.0 Å². The van der Waals surface area contributed by atoms with Crippen LogP contribution < -0.4 is 15.4 Å². The molecular formula is C22H23FN8O2. The van der Waals surface area contributed by atoms with Gasteiger partial charge in [-0.25, -0.2) is 19.2 Å². The van der Waals surface area contributed by atoms with Gasteiger partial charge in [-0.2, -0.15) is 10.2 Å². The van der Waals surface area contributed by atoms with Gasteiger partial charge in [0.25, 0.3) is 0 Å². The molecule has 0 saturated heterocycles. The van der Waals surface area contributed by atoms with Crippen LogP contribution in [0.2, 0.25) is 0 Å². The van der Waals surface area contributed by atoms with Gasteiger partial charge >= 0.3 is 6.03 Å². The van der Waals surface area contributed by atoms with Crippen LogP contribution in [0.5, 0.6) is 11.6 Å². The summed E-state index contributed by atoms with van der Waals surface area (Å²) in [6.45, 7) is 6.07. The molecule has 3 heterocycles. The second-order valence-electron chi connectivity index (χ2n) is 8.32. The second-order valence-corrected chi connectivity index (χ2v) is 8.32. The number of anilines is 2. The quantitative estimate of drug-likeness (QED) is 0.412. The van der Waals surface area contributed by atoms with E-state index in [0.717, 1.165) is 5.69 Å². The summed E-state index contributed by atoms with van der Waals surface area (Å²) < 4.78 is 21.6. The SMILES string of the molecule is Cn1nc(C(C)(C)C)cc1NC(=O)Nc1cc(Oc2cc(-c3ccn[nH]3)ncn2)ccc1F. The third-order valence-electron chi connectivity index (χ3n) is 4.72. The number of aromatic amines is 1. The lowest BCUT2D eigenvalue weighted by molar-refractivity contribution is 0.262. The molecule has 0 spiro atoms. The average molecular weight is 450 g/mol. The Morgan fingerprint density at radius 1 is 1.12 bits per heavy atom. The first-order valence-electron chi connectivity index (χ1n) is 10.1. The molecule has 0 saturated carbocycles. The fraction of sp³-hybridized carbons (Fsp3) is 0.227. The number of benzene rings is 1. The molecule has 0 aliphatic carbocycles. The molecule has 4 aromatic rings. The summed E-state index contributed by atoms with van der Waals surface area (Å²) in [7, 11) is 1.72. The minimum absolute atomic E-state index is 0.0499. The van der Waals surface area contributed by atoms with E-state index in [1.165, 1.54) is 24.5 Å². The minimum Gasteiger partial charge on any atom is -0.439 e. The van der Waals surface area contributed by atoms with Crippen LogP contribution in [0.15, 0.2) is 48.9 Å². The Balaban J connectivity index is 1.47. The highest BCUT2D eigenvalue weighted by Gasteiger charge is 2.20. The van der Waals surface area contributed by atoms with Crippen molar-refractivity contribution in [1.29, 1.82) is 0 Å². The lowest BCUT2D eigenvalue weighted by Crippen LogP contribution is -2.21. The van der Waals surface area contributed by atoms with Crippen molar-refractivity contribution in [1.82, 2.24) is 29.9 Å². The zero-order valence-corrected chi connectivity index (χ0v) is 18.5. The van der Waals surface area contributed by atoms with Gasteiger partial charge in [0.2, 0.25) is 5.88 Å². The van der Waals surface area contributed by atoms with Crippen LogP contribution in [0.4, 0.5) is 20.7 Å². The first kappa shape index (κ1) is 21.9. The molecule has 10 nitrogen and oxygen atoms in total. The third kappa shape index (κ3) is 5.14. The fourth-order valence-electron chi connectivity index (χ4n) is 2.95. The Morgan fingerprint density at radius 2 is 1.94 bits per heavy atom. The Morgan fingerprint density at radius 3 is 2.64 bits per heavy atom. The van der Waals surface area contributed by atoms with E-state index in [1.54, 1.807) is 36.1 Å². The summed E-state index contributed by atoms with van der Waals surface area (Å²) in [5.41, 5.74) is 1.88. The van der Waals surface area contributed by atoms with Crippen molar-refractivity contribution in [2.45, 2.75) is 26.2 Å². The smallest absolute Gasteiger partial charge is 0.324 e. The molecule has 0 unspecified atom stereocenters. The lowest BCUT2D eigenvalue weighted by Gasteiger charge is -2.13. The molecule has 4 rings (SSSR count). The van der Waals surface area contributed by atoms with Crippen LogP contribution in [0.3, 0.4) is 0 Å². The number of nitrogens with one attached hydrogen (secondary N) is 3. The molecule has 0 atom stereocenters. The average Bonchev–Trinajstić information content (AvgIpc) is 3.41. The molecular weight excluding hydrogens is 427 g/mol. The Labute approximate surface area is 189 Å². The van der Waals surface area contributed by atoms with E-state index >= 15 is 0 Å².